The number of hydrogen-bond acceptors (Lipinski definition) is 5. The van der Waals surface area contributed by atoms with E-state index in [1.807, 2.05) is 38.2 Å². The van der Waals surface area contributed by atoms with E-state index in [0.717, 1.165) is 17.9 Å². The maximum atomic E-state index is 12.1. The summed E-state index contributed by atoms with van der Waals surface area (Å²) in [7, 11) is 5.01. The van der Waals surface area contributed by atoms with Gasteiger partial charge in [-0.25, -0.2) is 4.79 Å². The Morgan fingerprint density at radius 3 is 2.68 bits per heavy atom. The maximum absolute atomic E-state index is 12.1. The summed E-state index contributed by atoms with van der Waals surface area (Å²) in [5.74, 6) is 2.47. The molecule has 2 aromatic rings. The fraction of sp³-hybridized carbons (Fsp3) is 0.500. The summed E-state index contributed by atoms with van der Waals surface area (Å²) < 4.78 is 18.0. The number of ether oxygens (including phenoxy) is 3. The number of anilines is 1. The minimum absolute atomic E-state index is 0.0163. The smallest absolute Gasteiger partial charge is 0.320 e. The predicted molar refractivity (Wildman–Crippen MR) is 107 cm³/mol. The minimum atomic E-state index is -0.307. The van der Waals surface area contributed by atoms with E-state index in [1.54, 1.807) is 18.9 Å². The summed E-state index contributed by atoms with van der Waals surface area (Å²) in [6.45, 7) is 3.19. The van der Waals surface area contributed by atoms with Crippen LogP contribution in [0.1, 0.15) is 19.8 Å². The quantitative estimate of drug-likeness (QED) is 0.690. The number of benzene rings is 1. The number of amides is 2. The molecule has 1 saturated carbocycles. The van der Waals surface area contributed by atoms with Gasteiger partial charge in [-0.15, -0.1) is 0 Å². The molecule has 8 nitrogen and oxygen atoms in total. The van der Waals surface area contributed by atoms with Crippen molar-refractivity contribution in [3.63, 3.8) is 0 Å². The first-order valence-electron chi connectivity index (χ1n) is 9.43. The van der Waals surface area contributed by atoms with Crippen molar-refractivity contribution in [3.8, 4) is 22.8 Å². The minimum Gasteiger partial charge on any atom is -0.493 e. The van der Waals surface area contributed by atoms with Gasteiger partial charge in [-0.2, -0.15) is 5.10 Å². The zero-order valence-corrected chi connectivity index (χ0v) is 16.8. The van der Waals surface area contributed by atoms with Gasteiger partial charge in [-0.3, -0.25) is 10.00 Å². The molecular weight excluding hydrogens is 360 g/mol. The number of aromatic nitrogens is 2. The molecule has 0 bridgehead atoms. The fourth-order valence-corrected chi connectivity index (χ4v) is 2.83. The highest BCUT2D eigenvalue weighted by Gasteiger charge is 2.22. The number of rotatable bonds is 9. The average Bonchev–Trinajstić information content (AvgIpc) is 3.46. The molecule has 0 radical (unpaired) electrons. The normalized spacial score (nSPS) is 14.4. The highest BCUT2D eigenvalue weighted by molar-refractivity contribution is 5.89. The molecule has 0 spiro atoms. The first-order valence-corrected chi connectivity index (χ1v) is 9.43. The number of carbonyl (C=O) groups excluding carboxylic acids is 1. The first kappa shape index (κ1) is 20.0. The van der Waals surface area contributed by atoms with Gasteiger partial charge in [0.05, 0.1) is 26.0 Å². The van der Waals surface area contributed by atoms with Gasteiger partial charge in [0.15, 0.2) is 17.3 Å². The van der Waals surface area contributed by atoms with Crippen molar-refractivity contribution in [1.29, 1.82) is 0 Å². The SMILES string of the molecule is COc1ccc(-c2cc(NC(=O)NC[C@H](C)OCC3CC3)nn2C)cc1OC. The van der Waals surface area contributed by atoms with E-state index in [1.165, 1.54) is 12.8 Å². The highest BCUT2D eigenvalue weighted by Crippen LogP contribution is 2.33. The molecule has 1 heterocycles. The monoisotopic (exact) mass is 388 g/mol. The van der Waals surface area contributed by atoms with E-state index in [2.05, 4.69) is 15.7 Å². The van der Waals surface area contributed by atoms with Crippen molar-refractivity contribution in [2.45, 2.75) is 25.9 Å². The van der Waals surface area contributed by atoms with Gasteiger partial charge in [0.2, 0.25) is 0 Å². The highest BCUT2D eigenvalue weighted by atomic mass is 16.5. The van der Waals surface area contributed by atoms with Crippen LogP contribution >= 0.6 is 0 Å². The van der Waals surface area contributed by atoms with Crippen LogP contribution in [-0.2, 0) is 11.8 Å². The van der Waals surface area contributed by atoms with Crippen molar-refractivity contribution < 1.29 is 19.0 Å². The van der Waals surface area contributed by atoms with Crippen LogP contribution in [0.4, 0.5) is 10.6 Å². The molecule has 2 N–H and O–H groups in total. The van der Waals surface area contributed by atoms with Gasteiger partial charge in [0.25, 0.3) is 0 Å². The lowest BCUT2D eigenvalue weighted by atomic mass is 10.1. The van der Waals surface area contributed by atoms with Crippen LogP contribution in [0.3, 0.4) is 0 Å². The molecule has 1 aliphatic rings. The molecule has 1 fully saturated rings. The Kier molecular flexibility index (Phi) is 6.41. The molecule has 1 atom stereocenters. The van der Waals surface area contributed by atoms with Gasteiger partial charge < -0.3 is 19.5 Å². The third-order valence-electron chi connectivity index (χ3n) is 4.66. The predicted octanol–water partition coefficient (Wildman–Crippen LogP) is 3.04. The van der Waals surface area contributed by atoms with Crippen LogP contribution in [0.15, 0.2) is 24.3 Å². The van der Waals surface area contributed by atoms with Gasteiger partial charge in [0.1, 0.15) is 0 Å². The molecule has 0 aliphatic heterocycles. The molecule has 1 aromatic heterocycles. The number of hydrogen-bond donors (Lipinski definition) is 2. The molecule has 0 saturated heterocycles. The molecule has 3 rings (SSSR count). The van der Waals surface area contributed by atoms with Crippen LogP contribution < -0.4 is 20.1 Å². The Morgan fingerprint density at radius 1 is 1.25 bits per heavy atom. The summed E-state index contributed by atoms with van der Waals surface area (Å²) in [6, 6.07) is 7.14. The number of nitrogens with zero attached hydrogens (tertiary/aromatic N) is 2. The zero-order chi connectivity index (χ0) is 20.1. The summed E-state index contributed by atoms with van der Waals surface area (Å²) in [5, 5.41) is 9.94. The third kappa shape index (κ3) is 5.16. The van der Waals surface area contributed by atoms with Gasteiger partial charge in [-0.1, -0.05) is 0 Å². The van der Waals surface area contributed by atoms with E-state index in [-0.39, 0.29) is 12.1 Å². The molecule has 152 valence electrons. The second kappa shape index (κ2) is 8.97. The molecule has 2 amide bonds. The molecule has 28 heavy (non-hydrogen) atoms. The number of nitrogens with one attached hydrogen (secondary N) is 2. The summed E-state index contributed by atoms with van der Waals surface area (Å²) >= 11 is 0. The second-order valence-corrected chi connectivity index (χ2v) is 7.03. The Hall–Kier alpha value is -2.74. The summed E-state index contributed by atoms with van der Waals surface area (Å²) in [6.07, 6.45) is 2.49. The molecular formula is C20H28N4O4. The van der Waals surface area contributed by atoms with E-state index < -0.39 is 0 Å². The lowest BCUT2D eigenvalue weighted by Crippen LogP contribution is -2.35. The van der Waals surface area contributed by atoms with E-state index in [9.17, 15) is 4.79 Å². The topological polar surface area (TPSA) is 86.6 Å². The number of methoxy groups -OCH3 is 2. The Bertz CT molecular complexity index is 817. The van der Waals surface area contributed by atoms with Crippen LogP contribution in [-0.4, -0.2) is 49.3 Å². The Morgan fingerprint density at radius 2 is 2.00 bits per heavy atom. The molecule has 1 aromatic carbocycles. The molecule has 8 heteroatoms. The second-order valence-electron chi connectivity index (χ2n) is 7.03. The summed E-state index contributed by atoms with van der Waals surface area (Å²) in [4.78, 5) is 12.1. The Labute approximate surface area is 165 Å². The largest absolute Gasteiger partial charge is 0.493 e. The number of urea groups is 1. The van der Waals surface area contributed by atoms with Gasteiger partial charge >= 0.3 is 6.03 Å². The lowest BCUT2D eigenvalue weighted by molar-refractivity contribution is 0.0601. The van der Waals surface area contributed by atoms with Crippen molar-refractivity contribution in [3.05, 3.63) is 24.3 Å². The molecule has 0 unspecified atom stereocenters. The van der Waals surface area contributed by atoms with Crippen molar-refractivity contribution >= 4 is 11.8 Å². The van der Waals surface area contributed by atoms with Crippen molar-refractivity contribution in [1.82, 2.24) is 15.1 Å². The number of carbonyl (C=O) groups is 1. The van der Waals surface area contributed by atoms with Crippen LogP contribution in [0.2, 0.25) is 0 Å². The van der Waals surface area contributed by atoms with Gasteiger partial charge in [0, 0.05) is 31.8 Å². The van der Waals surface area contributed by atoms with Crippen LogP contribution in [0.25, 0.3) is 11.3 Å². The zero-order valence-electron chi connectivity index (χ0n) is 16.8. The summed E-state index contributed by atoms with van der Waals surface area (Å²) in [5.41, 5.74) is 1.75. The van der Waals surface area contributed by atoms with Crippen LogP contribution in [0, 0.1) is 5.92 Å². The fourth-order valence-electron chi connectivity index (χ4n) is 2.83. The first-order chi connectivity index (χ1) is 13.5. The van der Waals surface area contributed by atoms with Crippen molar-refractivity contribution in [2.24, 2.45) is 13.0 Å². The van der Waals surface area contributed by atoms with Crippen molar-refractivity contribution in [2.75, 3.05) is 32.7 Å². The number of aryl methyl sites for hydroxylation is 1. The van der Waals surface area contributed by atoms with Crippen LogP contribution in [0.5, 0.6) is 11.5 Å². The molecule has 1 aliphatic carbocycles. The lowest BCUT2D eigenvalue weighted by Gasteiger charge is -2.13. The maximum Gasteiger partial charge on any atom is 0.320 e. The third-order valence-corrected chi connectivity index (χ3v) is 4.66. The standard InChI is InChI=1S/C20H28N4O4/c1-13(28-12-14-5-6-14)11-21-20(25)22-19-10-16(24(2)23-19)15-7-8-17(26-3)18(9-15)27-4/h7-10,13-14H,5-6,11-12H2,1-4H3,(H2,21,22,23,25)/t13-/m0/s1. The van der Waals surface area contributed by atoms with E-state index in [0.29, 0.717) is 29.8 Å². The average molecular weight is 388 g/mol. The van der Waals surface area contributed by atoms with Gasteiger partial charge in [-0.05, 0) is 43.9 Å². The van der Waals surface area contributed by atoms with E-state index >= 15 is 0 Å². The Balaban J connectivity index is 1.58. The van der Waals surface area contributed by atoms with E-state index in [4.69, 9.17) is 14.2 Å².